The minimum Gasteiger partial charge on any atom is -0.329 e. The van der Waals surface area contributed by atoms with Crippen molar-refractivity contribution in [1.82, 2.24) is 15.1 Å². The zero-order chi connectivity index (χ0) is 19.0. The average molecular weight is 385 g/mol. The molecule has 1 spiro atoms. The molecule has 1 saturated carbocycles. The summed E-state index contributed by atoms with van der Waals surface area (Å²) in [5, 5.41) is 11.2. The van der Waals surface area contributed by atoms with E-state index < -0.39 is 11.5 Å². The van der Waals surface area contributed by atoms with Gasteiger partial charge in [-0.25, -0.2) is 0 Å². The van der Waals surface area contributed by atoms with E-state index >= 15 is 0 Å². The fourth-order valence-corrected chi connectivity index (χ4v) is 5.28. The van der Waals surface area contributed by atoms with Crippen LogP contribution in [-0.2, 0) is 4.79 Å². The Bertz CT molecular complexity index is 845. The minimum absolute atomic E-state index is 0.0572. The summed E-state index contributed by atoms with van der Waals surface area (Å²) < 4.78 is 0. The Hall–Kier alpha value is -2.28. The molecule has 2 heterocycles. The highest BCUT2D eigenvalue weighted by atomic mass is 32.1. The van der Waals surface area contributed by atoms with Crippen molar-refractivity contribution < 1.29 is 9.59 Å². The number of hydrogen-bond donors (Lipinski definition) is 1. The van der Waals surface area contributed by atoms with Crippen molar-refractivity contribution in [2.24, 2.45) is 0 Å². The van der Waals surface area contributed by atoms with Gasteiger partial charge >= 0.3 is 0 Å². The van der Waals surface area contributed by atoms with Crippen LogP contribution < -0.4 is 5.32 Å². The van der Waals surface area contributed by atoms with Crippen molar-refractivity contribution in [3.63, 3.8) is 0 Å². The Balaban J connectivity index is 1.85. The van der Waals surface area contributed by atoms with Crippen LogP contribution in [0.15, 0.2) is 29.8 Å². The van der Waals surface area contributed by atoms with Crippen LogP contribution in [0.25, 0.3) is 0 Å². The summed E-state index contributed by atoms with van der Waals surface area (Å²) >= 11 is 1.30. The molecule has 142 valence electrons. The van der Waals surface area contributed by atoms with Crippen LogP contribution >= 0.6 is 11.3 Å². The number of carbonyl (C=O) groups is 2. The molecule has 2 atom stereocenters. The fraction of sp³-hybridized carbons (Fsp3) is 0.500. The molecular weight excluding hydrogens is 360 g/mol. The van der Waals surface area contributed by atoms with E-state index in [1.54, 1.807) is 5.51 Å². The van der Waals surface area contributed by atoms with Gasteiger partial charge in [-0.15, -0.1) is 10.2 Å². The Morgan fingerprint density at radius 2 is 2.11 bits per heavy atom. The Morgan fingerprint density at radius 1 is 1.37 bits per heavy atom. The SMILES string of the molecule is CC[C@H](C)N1C(=O)c2ccccc2[C@@H](C(=O)Nc2nncs2)C12CCCC2. The molecule has 0 saturated heterocycles. The molecule has 4 rings (SSSR count). The normalized spacial score (nSPS) is 21.9. The van der Waals surface area contributed by atoms with E-state index in [-0.39, 0.29) is 17.9 Å². The lowest BCUT2D eigenvalue weighted by atomic mass is 9.70. The van der Waals surface area contributed by atoms with E-state index in [1.165, 1.54) is 11.3 Å². The molecule has 2 amide bonds. The molecular formula is C20H24N4O2S. The van der Waals surface area contributed by atoms with Crippen molar-refractivity contribution in [1.29, 1.82) is 0 Å². The van der Waals surface area contributed by atoms with Gasteiger partial charge in [-0.2, -0.15) is 0 Å². The molecule has 2 aliphatic rings. The topological polar surface area (TPSA) is 75.2 Å². The van der Waals surface area contributed by atoms with E-state index in [1.807, 2.05) is 29.2 Å². The second-order valence-corrected chi connectivity index (χ2v) is 8.33. The zero-order valence-electron chi connectivity index (χ0n) is 15.6. The van der Waals surface area contributed by atoms with E-state index in [4.69, 9.17) is 0 Å². The highest BCUT2D eigenvalue weighted by Crippen LogP contribution is 2.51. The lowest BCUT2D eigenvalue weighted by Crippen LogP contribution is -2.62. The van der Waals surface area contributed by atoms with Crippen LogP contribution in [0.5, 0.6) is 0 Å². The average Bonchev–Trinajstić information content (AvgIpc) is 3.34. The quantitative estimate of drug-likeness (QED) is 0.869. The van der Waals surface area contributed by atoms with Gasteiger partial charge in [0.05, 0.1) is 11.5 Å². The van der Waals surface area contributed by atoms with Crippen LogP contribution in [0, 0.1) is 0 Å². The number of fused-ring (bicyclic) bond motifs is 1. The van der Waals surface area contributed by atoms with Gasteiger partial charge in [0.1, 0.15) is 5.51 Å². The minimum atomic E-state index is -0.463. The molecule has 7 heteroatoms. The summed E-state index contributed by atoms with van der Waals surface area (Å²) in [6.45, 7) is 4.18. The van der Waals surface area contributed by atoms with Crippen molar-refractivity contribution in [2.75, 3.05) is 5.32 Å². The summed E-state index contributed by atoms with van der Waals surface area (Å²) in [6.07, 6.45) is 4.63. The van der Waals surface area contributed by atoms with E-state index in [0.29, 0.717) is 10.7 Å². The maximum Gasteiger partial charge on any atom is 0.254 e. The fourth-order valence-electron chi connectivity index (χ4n) is 4.83. The molecule has 1 aromatic carbocycles. The van der Waals surface area contributed by atoms with Gasteiger partial charge in [0.15, 0.2) is 0 Å². The zero-order valence-corrected chi connectivity index (χ0v) is 16.5. The van der Waals surface area contributed by atoms with Gasteiger partial charge in [-0.3, -0.25) is 14.9 Å². The van der Waals surface area contributed by atoms with Crippen molar-refractivity contribution in [3.05, 3.63) is 40.9 Å². The first kappa shape index (κ1) is 18.1. The van der Waals surface area contributed by atoms with Gasteiger partial charge in [0.2, 0.25) is 11.0 Å². The maximum absolute atomic E-state index is 13.4. The number of hydrogen-bond acceptors (Lipinski definition) is 5. The Labute approximate surface area is 163 Å². The third-order valence-electron chi connectivity index (χ3n) is 6.09. The van der Waals surface area contributed by atoms with Crippen molar-refractivity contribution >= 4 is 28.3 Å². The monoisotopic (exact) mass is 384 g/mol. The molecule has 6 nitrogen and oxygen atoms in total. The number of anilines is 1. The third kappa shape index (κ3) is 2.84. The number of nitrogens with zero attached hydrogens (tertiary/aromatic N) is 3. The first-order valence-electron chi connectivity index (χ1n) is 9.58. The predicted molar refractivity (Wildman–Crippen MR) is 105 cm³/mol. The summed E-state index contributed by atoms with van der Waals surface area (Å²) in [5.41, 5.74) is 2.62. The molecule has 0 bridgehead atoms. The Kier molecular flexibility index (Phi) is 4.72. The number of carbonyl (C=O) groups excluding carboxylic acids is 2. The highest BCUT2D eigenvalue weighted by Gasteiger charge is 2.56. The van der Waals surface area contributed by atoms with E-state index in [0.717, 1.165) is 37.7 Å². The summed E-state index contributed by atoms with van der Waals surface area (Å²) in [5.74, 6) is -0.435. The molecule has 1 aromatic heterocycles. The van der Waals surface area contributed by atoms with Crippen LogP contribution in [0.4, 0.5) is 5.13 Å². The number of benzene rings is 1. The number of nitrogens with one attached hydrogen (secondary N) is 1. The lowest BCUT2D eigenvalue weighted by molar-refractivity contribution is -0.121. The smallest absolute Gasteiger partial charge is 0.254 e. The summed E-state index contributed by atoms with van der Waals surface area (Å²) in [7, 11) is 0. The first-order chi connectivity index (χ1) is 13.1. The first-order valence-corrected chi connectivity index (χ1v) is 10.5. The van der Waals surface area contributed by atoms with Gasteiger partial charge in [0.25, 0.3) is 5.91 Å². The molecule has 0 radical (unpaired) electrons. The summed E-state index contributed by atoms with van der Waals surface area (Å²) in [4.78, 5) is 28.9. The molecule has 1 N–H and O–H groups in total. The number of rotatable bonds is 4. The largest absolute Gasteiger partial charge is 0.329 e. The van der Waals surface area contributed by atoms with Gasteiger partial charge in [-0.05, 0) is 37.8 Å². The number of aromatic nitrogens is 2. The Morgan fingerprint density at radius 3 is 2.78 bits per heavy atom. The molecule has 1 aliphatic heterocycles. The predicted octanol–water partition coefficient (Wildman–Crippen LogP) is 3.83. The van der Waals surface area contributed by atoms with Crippen molar-refractivity contribution in [2.45, 2.75) is 63.5 Å². The van der Waals surface area contributed by atoms with Gasteiger partial charge in [0, 0.05) is 11.6 Å². The lowest BCUT2D eigenvalue weighted by Gasteiger charge is -2.52. The van der Waals surface area contributed by atoms with Crippen LogP contribution in [0.2, 0.25) is 0 Å². The van der Waals surface area contributed by atoms with Crippen LogP contribution in [0.3, 0.4) is 0 Å². The summed E-state index contributed by atoms with van der Waals surface area (Å²) in [6, 6.07) is 7.66. The van der Waals surface area contributed by atoms with E-state index in [9.17, 15) is 9.59 Å². The number of amides is 2. The maximum atomic E-state index is 13.4. The van der Waals surface area contributed by atoms with Crippen LogP contribution in [0.1, 0.15) is 67.8 Å². The van der Waals surface area contributed by atoms with Crippen LogP contribution in [-0.4, -0.2) is 38.5 Å². The highest BCUT2D eigenvalue weighted by molar-refractivity contribution is 7.13. The molecule has 27 heavy (non-hydrogen) atoms. The standard InChI is InChI=1S/C20H24N4O2S/c1-3-13(2)24-18(26)15-9-5-4-8-14(15)16(20(24)10-6-7-11-20)17(25)22-19-23-21-12-27-19/h4-5,8-9,12-13,16H,3,6-7,10-11H2,1-2H3,(H,22,23,25)/t13-,16-/m0/s1. The second kappa shape index (κ2) is 7.03. The second-order valence-electron chi connectivity index (χ2n) is 7.50. The van der Waals surface area contributed by atoms with E-state index in [2.05, 4.69) is 29.4 Å². The molecule has 1 aliphatic carbocycles. The third-order valence-corrected chi connectivity index (χ3v) is 6.70. The van der Waals surface area contributed by atoms with Gasteiger partial charge < -0.3 is 4.90 Å². The van der Waals surface area contributed by atoms with Crippen molar-refractivity contribution in [3.8, 4) is 0 Å². The molecule has 2 aromatic rings. The van der Waals surface area contributed by atoms with Gasteiger partial charge in [-0.1, -0.05) is 49.3 Å². The molecule has 0 unspecified atom stereocenters. The molecule has 1 fully saturated rings.